The molecule has 1 aromatic rings. The maximum Gasteiger partial charge on any atom is 0.225 e. The molecule has 1 saturated heterocycles. The molecule has 1 amide bonds. The highest BCUT2D eigenvalue weighted by atomic mass is 19.1. The van der Waals surface area contributed by atoms with Crippen molar-refractivity contribution in [3.63, 3.8) is 0 Å². The molecule has 1 aliphatic rings. The minimum absolute atomic E-state index is 0.0328. The minimum Gasteiger partial charge on any atom is -0.392 e. The summed E-state index contributed by atoms with van der Waals surface area (Å²) in [5.41, 5.74) is 1.02. The second-order valence-corrected chi connectivity index (χ2v) is 4.72. The molecule has 0 saturated carbocycles. The van der Waals surface area contributed by atoms with Gasteiger partial charge < -0.3 is 15.2 Å². The van der Waals surface area contributed by atoms with E-state index in [-0.39, 0.29) is 24.0 Å². The van der Waals surface area contributed by atoms with Gasteiger partial charge in [0.25, 0.3) is 0 Å². The topological polar surface area (TPSA) is 58.6 Å². The Morgan fingerprint density at radius 2 is 2.37 bits per heavy atom. The Kier molecular flexibility index (Phi) is 4.87. The largest absolute Gasteiger partial charge is 0.392 e. The van der Waals surface area contributed by atoms with Gasteiger partial charge in [-0.3, -0.25) is 4.79 Å². The van der Waals surface area contributed by atoms with Crippen molar-refractivity contribution in [2.75, 3.05) is 13.2 Å². The molecule has 0 aliphatic carbocycles. The SMILES string of the molecule is O=C(NCc1ccc(F)c(CO)c1)C1CCCOC1. The molecule has 0 spiro atoms. The number of aliphatic hydroxyl groups excluding tert-OH is 1. The Morgan fingerprint density at radius 1 is 1.53 bits per heavy atom. The predicted octanol–water partition coefficient (Wildman–Crippen LogP) is 1.36. The van der Waals surface area contributed by atoms with E-state index in [1.54, 1.807) is 12.1 Å². The van der Waals surface area contributed by atoms with Crippen LogP contribution in [0.25, 0.3) is 0 Å². The smallest absolute Gasteiger partial charge is 0.225 e. The summed E-state index contributed by atoms with van der Waals surface area (Å²) in [6.07, 6.45) is 1.75. The fraction of sp³-hybridized carbons (Fsp3) is 0.500. The van der Waals surface area contributed by atoms with Crippen molar-refractivity contribution in [2.24, 2.45) is 5.92 Å². The monoisotopic (exact) mass is 267 g/mol. The van der Waals surface area contributed by atoms with Gasteiger partial charge in [0.1, 0.15) is 5.82 Å². The van der Waals surface area contributed by atoms with Crippen LogP contribution in [0.5, 0.6) is 0 Å². The molecule has 0 aromatic heterocycles. The Morgan fingerprint density at radius 3 is 3.05 bits per heavy atom. The molecule has 1 unspecified atom stereocenters. The number of carbonyl (C=O) groups excluding carboxylic acids is 1. The fourth-order valence-electron chi connectivity index (χ4n) is 2.14. The van der Waals surface area contributed by atoms with Crippen LogP contribution in [-0.4, -0.2) is 24.2 Å². The van der Waals surface area contributed by atoms with Crippen LogP contribution in [0, 0.1) is 11.7 Å². The number of benzene rings is 1. The first-order valence-corrected chi connectivity index (χ1v) is 6.44. The van der Waals surface area contributed by atoms with E-state index >= 15 is 0 Å². The van der Waals surface area contributed by atoms with Crippen molar-refractivity contribution in [3.05, 3.63) is 35.1 Å². The van der Waals surface area contributed by atoms with Crippen LogP contribution in [0.3, 0.4) is 0 Å². The summed E-state index contributed by atoms with van der Waals surface area (Å²) in [7, 11) is 0. The van der Waals surface area contributed by atoms with Crippen molar-refractivity contribution >= 4 is 5.91 Å². The zero-order chi connectivity index (χ0) is 13.7. The van der Waals surface area contributed by atoms with Crippen LogP contribution in [-0.2, 0) is 22.7 Å². The number of aliphatic hydroxyl groups is 1. The van der Waals surface area contributed by atoms with Crippen molar-refractivity contribution in [1.82, 2.24) is 5.32 Å². The van der Waals surface area contributed by atoms with Crippen molar-refractivity contribution in [3.8, 4) is 0 Å². The van der Waals surface area contributed by atoms with Gasteiger partial charge in [-0.05, 0) is 30.5 Å². The average Bonchev–Trinajstić information content (AvgIpc) is 2.47. The molecule has 2 N–H and O–H groups in total. The second-order valence-electron chi connectivity index (χ2n) is 4.72. The molecule has 4 nitrogen and oxygen atoms in total. The van der Waals surface area contributed by atoms with E-state index in [1.165, 1.54) is 6.07 Å². The van der Waals surface area contributed by atoms with Crippen LogP contribution >= 0.6 is 0 Å². The Balaban J connectivity index is 1.89. The van der Waals surface area contributed by atoms with Gasteiger partial charge in [0.2, 0.25) is 5.91 Å². The lowest BCUT2D eigenvalue weighted by Crippen LogP contribution is -2.35. The third kappa shape index (κ3) is 3.75. The highest BCUT2D eigenvalue weighted by Gasteiger charge is 2.21. The Hall–Kier alpha value is -1.46. The minimum atomic E-state index is -0.432. The third-order valence-corrected chi connectivity index (χ3v) is 3.28. The lowest BCUT2D eigenvalue weighted by atomic mass is 10.0. The molecule has 1 heterocycles. The molecule has 0 bridgehead atoms. The van der Waals surface area contributed by atoms with Gasteiger partial charge in [-0.25, -0.2) is 4.39 Å². The molecule has 2 rings (SSSR count). The van der Waals surface area contributed by atoms with Crippen molar-refractivity contribution < 1.29 is 19.0 Å². The molecule has 1 aliphatic heterocycles. The first-order chi connectivity index (χ1) is 9.20. The average molecular weight is 267 g/mol. The van der Waals surface area contributed by atoms with Gasteiger partial charge in [0, 0.05) is 18.7 Å². The maximum absolute atomic E-state index is 13.2. The van der Waals surface area contributed by atoms with Gasteiger partial charge in [-0.2, -0.15) is 0 Å². The fourth-order valence-corrected chi connectivity index (χ4v) is 2.14. The van der Waals surface area contributed by atoms with E-state index < -0.39 is 5.82 Å². The number of ether oxygens (including phenoxy) is 1. The quantitative estimate of drug-likeness (QED) is 0.866. The molecule has 1 aromatic carbocycles. The van der Waals surface area contributed by atoms with Gasteiger partial charge >= 0.3 is 0 Å². The van der Waals surface area contributed by atoms with Crippen LogP contribution in [0.4, 0.5) is 4.39 Å². The molecule has 5 heteroatoms. The number of halogens is 1. The molecule has 1 atom stereocenters. The molecular weight excluding hydrogens is 249 g/mol. The number of nitrogens with one attached hydrogen (secondary N) is 1. The van der Waals surface area contributed by atoms with Crippen LogP contribution < -0.4 is 5.32 Å². The summed E-state index contributed by atoms with van der Waals surface area (Å²) in [4.78, 5) is 11.9. The lowest BCUT2D eigenvalue weighted by molar-refractivity contribution is -0.129. The normalized spacial score (nSPS) is 19.2. The summed E-state index contributed by atoms with van der Waals surface area (Å²) in [6, 6.07) is 4.47. The van der Waals surface area contributed by atoms with Gasteiger partial charge in [-0.15, -0.1) is 0 Å². The highest BCUT2D eigenvalue weighted by Crippen LogP contribution is 2.14. The predicted molar refractivity (Wildman–Crippen MR) is 67.7 cm³/mol. The highest BCUT2D eigenvalue weighted by molar-refractivity contribution is 5.78. The maximum atomic E-state index is 13.2. The standard InChI is InChI=1S/C14H18FNO3/c15-13-4-3-10(6-12(13)8-17)7-16-14(18)11-2-1-5-19-9-11/h3-4,6,11,17H,1-2,5,7-9H2,(H,16,18). The number of carbonyl (C=O) groups is 1. The summed E-state index contributed by atoms with van der Waals surface area (Å²) in [6.45, 7) is 1.19. The number of hydrogen-bond acceptors (Lipinski definition) is 3. The third-order valence-electron chi connectivity index (χ3n) is 3.28. The second kappa shape index (κ2) is 6.63. The van der Waals surface area contributed by atoms with Crippen molar-refractivity contribution in [1.29, 1.82) is 0 Å². The molecule has 0 radical (unpaired) electrons. The van der Waals surface area contributed by atoms with Gasteiger partial charge in [0.05, 0.1) is 19.1 Å². The number of rotatable bonds is 4. The molecule has 19 heavy (non-hydrogen) atoms. The van der Waals surface area contributed by atoms with Crippen molar-refractivity contribution in [2.45, 2.75) is 26.0 Å². The molecule has 1 fully saturated rings. The van der Waals surface area contributed by atoms with E-state index in [4.69, 9.17) is 9.84 Å². The van der Waals surface area contributed by atoms with Crippen LogP contribution in [0.2, 0.25) is 0 Å². The van der Waals surface area contributed by atoms with Crippen LogP contribution in [0.15, 0.2) is 18.2 Å². The zero-order valence-corrected chi connectivity index (χ0v) is 10.7. The zero-order valence-electron chi connectivity index (χ0n) is 10.7. The number of hydrogen-bond donors (Lipinski definition) is 2. The van der Waals surface area contributed by atoms with E-state index in [0.29, 0.717) is 13.2 Å². The Labute approximate surface area is 111 Å². The van der Waals surface area contributed by atoms with Gasteiger partial charge in [0.15, 0.2) is 0 Å². The van der Waals surface area contributed by atoms with E-state index in [0.717, 1.165) is 25.0 Å². The van der Waals surface area contributed by atoms with E-state index in [9.17, 15) is 9.18 Å². The molecular formula is C14H18FNO3. The summed E-state index contributed by atoms with van der Waals surface area (Å²) in [5.74, 6) is -0.556. The van der Waals surface area contributed by atoms with E-state index in [1.807, 2.05) is 0 Å². The van der Waals surface area contributed by atoms with Gasteiger partial charge in [-0.1, -0.05) is 6.07 Å². The first-order valence-electron chi connectivity index (χ1n) is 6.44. The summed E-state index contributed by atoms with van der Waals surface area (Å²) in [5, 5.41) is 11.8. The lowest BCUT2D eigenvalue weighted by Gasteiger charge is -2.21. The van der Waals surface area contributed by atoms with E-state index in [2.05, 4.69) is 5.32 Å². The first kappa shape index (κ1) is 14.0. The summed E-state index contributed by atoms with van der Waals surface area (Å²) < 4.78 is 18.5. The van der Waals surface area contributed by atoms with Crippen LogP contribution in [0.1, 0.15) is 24.0 Å². The molecule has 104 valence electrons. The summed E-state index contributed by atoms with van der Waals surface area (Å²) >= 11 is 0. The number of amides is 1. The Bertz CT molecular complexity index is 444.